The largest absolute Gasteiger partial charge is 0.480 e. The van der Waals surface area contributed by atoms with Crippen LogP contribution in [0.4, 0.5) is 0 Å². The molecule has 0 bridgehead atoms. The van der Waals surface area contributed by atoms with Crippen LogP contribution in [0.25, 0.3) is 5.65 Å². The third-order valence-electron chi connectivity index (χ3n) is 1.82. The normalized spacial score (nSPS) is 10.8. The van der Waals surface area contributed by atoms with Crippen LogP contribution >= 0.6 is 15.9 Å². The van der Waals surface area contributed by atoms with Gasteiger partial charge in [-0.1, -0.05) is 0 Å². The van der Waals surface area contributed by atoms with Gasteiger partial charge in [0.15, 0.2) is 5.65 Å². The maximum Gasteiger partial charge on any atom is 0.231 e. The second-order valence-corrected chi connectivity index (χ2v) is 3.40. The third-order valence-corrected chi connectivity index (χ3v) is 2.62. The molecule has 1 N–H and O–H groups in total. The molecular formula is C8H8BrN3O2. The second-order valence-electron chi connectivity index (χ2n) is 2.65. The number of aliphatic hydroxyl groups excluding tert-OH is 1. The lowest BCUT2D eigenvalue weighted by atomic mass is 10.5. The minimum Gasteiger partial charge on any atom is -0.480 e. The number of aliphatic hydroxyl groups is 1. The Balaban J connectivity index is 2.68. The topological polar surface area (TPSA) is 59.7 Å². The number of rotatable bonds is 2. The van der Waals surface area contributed by atoms with E-state index in [1.54, 1.807) is 23.8 Å². The van der Waals surface area contributed by atoms with Crippen molar-refractivity contribution in [2.75, 3.05) is 7.11 Å². The summed E-state index contributed by atoms with van der Waals surface area (Å²) in [6, 6.07) is 3.49. The predicted octanol–water partition coefficient (Wildman–Crippen LogP) is 0.993. The van der Waals surface area contributed by atoms with Crippen LogP contribution in [0.2, 0.25) is 0 Å². The molecular weight excluding hydrogens is 250 g/mol. The van der Waals surface area contributed by atoms with Crippen molar-refractivity contribution >= 4 is 21.6 Å². The van der Waals surface area contributed by atoms with Crippen LogP contribution in [0.5, 0.6) is 5.88 Å². The van der Waals surface area contributed by atoms with E-state index in [0.29, 0.717) is 21.8 Å². The first kappa shape index (κ1) is 9.42. The molecule has 5 nitrogen and oxygen atoms in total. The van der Waals surface area contributed by atoms with Crippen molar-refractivity contribution in [3.63, 3.8) is 0 Å². The molecule has 2 rings (SSSR count). The molecule has 6 heteroatoms. The molecule has 0 aliphatic heterocycles. The lowest BCUT2D eigenvalue weighted by molar-refractivity contribution is 0.276. The van der Waals surface area contributed by atoms with Gasteiger partial charge in [-0.05, 0) is 22.0 Å². The molecule has 0 radical (unpaired) electrons. The van der Waals surface area contributed by atoms with E-state index in [4.69, 9.17) is 9.84 Å². The molecule has 0 fully saturated rings. The molecule has 0 saturated heterocycles. The fourth-order valence-electron chi connectivity index (χ4n) is 1.14. The van der Waals surface area contributed by atoms with Crippen molar-refractivity contribution < 1.29 is 9.84 Å². The van der Waals surface area contributed by atoms with E-state index in [-0.39, 0.29) is 6.61 Å². The molecule has 0 amide bonds. The summed E-state index contributed by atoms with van der Waals surface area (Å²) < 4.78 is 7.20. The summed E-state index contributed by atoms with van der Waals surface area (Å²) in [5.74, 6) is 0.500. The Hall–Kier alpha value is -1.14. The molecule has 74 valence electrons. The molecule has 0 spiro atoms. The van der Waals surface area contributed by atoms with Gasteiger partial charge in [-0.2, -0.15) is 0 Å². The zero-order valence-electron chi connectivity index (χ0n) is 7.44. The Morgan fingerprint density at radius 2 is 2.36 bits per heavy atom. The number of nitrogens with zero attached hydrogens (tertiary/aromatic N) is 3. The van der Waals surface area contributed by atoms with Crippen molar-refractivity contribution in [2.45, 2.75) is 6.61 Å². The van der Waals surface area contributed by atoms with E-state index < -0.39 is 0 Å². The monoisotopic (exact) mass is 257 g/mol. The highest BCUT2D eigenvalue weighted by Gasteiger charge is 2.09. The summed E-state index contributed by atoms with van der Waals surface area (Å²) >= 11 is 3.30. The maximum atomic E-state index is 8.98. The Bertz CT molecular complexity index is 469. The Morgan fingerprint density at radius 3 is 3.00 bits per heavy atom. The van der Waals surface area contributed by atoms with E-state index in [9.17, 15) is 0 Å². The highest BCUT2D eigenvalue weighted by molar-refractivity contribution is 9.10. The first-order valence-corrected chi connectivity index (χ1v) is 4.74. The zero-order chi connectivity index (χ0) is 10.1. The van der Waals surface area contributed by atoms with Gasteiger partial charge in [0.2, 0.25) is 5.88 Å². The molecule has 0 aliphatic rings. The van der Waals surface area contributed by atoms with Gasteiger partial charge in [0.25, 0.3) is 0 Å². The van der Waals surface area contributed by atoms with Crippen LogP contribution in [0.15, 0.2) is 16.7 Å². The maximum absolute atomic E-state index is 8.98. The van der Waals surface area contributed by atoms with Gasteiger partial charge in [-0.15, -0.1) is 5.10 Å². The number of imidazole rings is 1. The van der Waals surface area contributed by atoms with Crippen molar-refractivity contribution in [1.82, 2.24) is 14.6 Å². The Kier molecular flexibility index (Phi) is 2.39. The molecule has 14 heavy (non-hydrogen) atoms. The minimum atomic E-state index is -0.119. The van der Waals surface area contributed by atoms with Crippen molar-refractivity contribution in [3.05, 3.63) is 22.4 Å². The third kappa shape index (κ3) is 1.36. The fraction of sp³-hybridized carbons (Fsp3) is 0.250. The summed E-state index contributed by atoms with van der Waals surface area (Å²) in [4.78, 5) is 4.15. The first-order valence-electron chi connectivity index (χ1n) is 3.95. The number of ether oxygens (including phenoxy) is 1. The number of hydrogen-bond acceptors (Lipinski definition) is 4. The standard InChI is InChI=1S/C8H8BrN3O2/c1-14-7-3-2-6-10-5(4-13)8(9)12(6)11-7/h2-3,13H,4H2,1H3. The van der Waals surface area contributed by atoms with Crippen LogP contribution < -0.4 is 4.74 Å². The fourth-order valence-corrected chi connectivity index (χ4v) is 1.62. The van der Waals surface area contributed by atoms with Crippen molar-refractivity contribution in [2.24, 2.45) is 0 Å². The van der Waals surface area contributed by atoms with Gasteiger partial charge < -0.3 is 9.84 Å². The van der Waals surface area contributed by atoms with Gasteiger partial charge in [-0.25, -0.2) is 9.50 Å². The van der Waals surface area contributed by atoms with Crippen LogP contribution in [-0.4, -0.2) is 26.8 Å². The number of hydrogen-bond donors (Lipinski definition) is 1. The highest BCUT2D eigenvalue weighted by atomic mass is 79.9. The molecule has 0 aliphatic carbocycles. The van der Waals surface area contributed by atoms with Gasteiger partial charge in [-0.3, -0.25) is 0 Å². The molecule has 2 heterocycles. The zero-order valence-corrected chi connectivity index (χ0v) is 9.02. The van der Waals surface area contributed by atoms with Crippen LogP contribution in [0.1, 0.15) is 5.69 Å². The molecule has 2 aromatic heterocycles. The molecule has 2 aromatic rings. The number of fused-ring (bicyclic) bond motifs is 1. The number of methoxy groups -OCH3 is 1. The van der Waals surface area contributed by atoms with Gasteiger partial charge >= 0.3 is 0 Å². The Morgan fingerprint density at radius 1 is 1.57 bits per heavy atom. The van der Waals surface area contributed by atoms with Crippen LogP contribution in [0.3, 0.4) is 0 Å². The summed E-state index contributed by atoms with van der Waals surface area (Å²) in [7, 11) is 1.55. The minimum absolute atomic E-state index is 0.119. The quantitative estimate of drug-likeness (QED) is 0.872. The van der Waals surface area contributed by atoms with E-state index in [0.717, 1.165) is 0 Å². The number of halogens is 1. The first-order chi connectivity index (χ1) is 6.76. The summed E-state index contributed by atoms with van der Waals surface area (Å²) in [5.41, 5.74) is 1.23. The van der Waals surface area contributed by atoms with Gasteiger partial charge in [0, 0.05) is 6.07 Å². The Labute approximate surface area is 88.5 Å². The molecule has 0 aromatic carbocycles. The van der Waals surface area contributed by atoms with Gasteiger partial charge in [0.05, 0.1) is 13.7 Å². The van der Waals surface area contributed by atoms with Crippen LogP contribution in [-0.2, 0) is 6.61 Å². The molecule has 0 unspecified atom stereocenters. The predicted molar refractivity (Wildman–Crippen MR) is 53.2 cm³/mol. The summed E-state index contributed by atoms with van der Waals surface area (Å²) in [5, 5.41) is 13.1. The summed E-state index contributed by atoms with van der Waals surface area (Å²) in [6.07, 6.45) is 0. The van der Waals surface area contributed by atoms with Crippen LogP contribution in [0, 0.1) is 0 Å². The van der Waals surface area contributed by atoms with E-state index in [2.05, 4.69) is 26.0 Å². The SMILES string of the molecule is COc1ccc2nc(CO)c(Br)n2n1. The van der Waals surface area contributed by atoms with E-state index in [1.165, 1.54) is 0 Å². The smallest absolute Gasteiger partial charge is 0.231 e. The van der Waals surface area contributed by atoms with Crippen molar-refractivity contribution in [3.8, 4) is 5.88 Å². The van der Waals surface area contributed by atoms with E-state index in [1.807, 2.05) is 0 Å². The lowest BCUT2D eigenvalue weighted by Crippen LogP contribution is -1.95. The summed E-state index contributed by atoms with van der Waals surface area (Å²) in [6.45, 7) is -0.119. The number of aromatic nitrogens is 3. The highest BCUT2D eigenvalue weighted by Crippen LogP contribution is 2.19. The average molecular weight is 258 g/mol. The van der Waals surface area contributed by atoms with Crippen molar-refractivity contribution in [1.29, 1.82) is 0 Å². The molecule has 0 saturated carbocycles. The van der Waals surface area contributed by atoms with Gasteiger partial charge in [0.1, 0.15) is 10.3 Å². The lowest BCUT2D eigenvalue weighted by Gasteiger charge is -1.98. The van der Waals surface area contributed by atoms with E-state index >= 15 is 0 Å². The second kappa shape index (κ2) is 3.55. The molecule has 0 atom stereocenters. The average Bonchev–Trinajstić information content (AvgIpc) is 2.55.